The molecule has 0 aromatic carbocycles. The molecule has 0 aliphatic carbocycles. The Labute approximate surface area is 181 Å². The molecule has 10 nitrogen and oxygen atoms in total. The van der Waals surface area contributed by atoms with Gasteiger partial charge in [0.25, 0.3) is 0 Å². The first-order valence-electron chi connectivity index (χ1n) is 6.06. The van der Waals surface area contributed by atoms with Crippen molar-refractivity contribution in [3.63, 3.8) is 0 Å². The van der Waals surface area contributed by atoms with Crippen molar-refractivity contribution < 1.29 is 96.4 Å². The second-order valence-electron chi connectivity index (χ2n) is 3.55. The van der Waals surface area contributed by atoms with Crippen molar-refractivity contribution in [2.45, 2.75) is 26.7 Å². The zero-order chi connectivity index (χ0) is 17.3. The van der Waals surface area contributed by atoms with E-state index < -0.39 is 22.3 Å². The molecule has 0 aliphatic heterocycles. The van der Waals surface area contributed by atoms with Crippen molar-refractivity contribution >= 4 is 22.3 Å². The van der Waals surface area contributed by atoms with Gasteiger partial charge in [0.05, 0.1) is 13.1 Å². The monoisotopic (exact) mass is 376 g/mol. The normalized spacial score (nSPS) is 8.87. The van der Waals surface area contributed by atoms with Crippen LogP contribution in [0.25, 0.3) is 0 Å². The van der Waals surface area contributed by atoms with Crippen LogP contribution >= 0.6 is 0 Å². The van der Waals surface area contributed by atoms with Gasteiger partial charge in [0, 0.05) is 10.4 Å². The molecule has 0 saturated heterocycles. The summed E-state index contributed by atoms with van der Waals surface area (Å²) >= 11 is 0. The third kappa shape index (κ3) is 84.8. The van der Waals surface area contributed by atoms with Crippen LogP contribution < -0.4 is 69.7 Å². The Hall–Kier alpha value is 0.730. The number of rotatable bonds is 8. The number of hydrogen-bond acceptors (Lipinski definition) is 8. The van der Waals surface area contributed by atoms with Crippen molar-refractivity contribution in [1.82, 2.24) is 10.6 Å². The van der Waals surface area contributed by atoms with Crippen molar-refractivity contribution in [2.75, 3.05) is 26.2 Å². The van der Waals surface area contributed by atoms with E-state index in [0.717, 1.165) is 25.9 Å². The van der Waals surface area contributed by atoms with Gasteiger partial charge >= 0.3 is 71.1 Å². The van der Waals surface area contributed by atoms with Gasteiger partial charge < -0.3 is 30.0 Å². The third-order valence-electron chi connectivity index (χ3n) is 1.41. The Balaban J connectivity index is -0.0000000693. The van der Waals surface area contributed by atoms with E-state index in [1.54, 1.807) is 0 Å². The maximum atomic E-state index is 9.81. The summed E-state index contributed by atoms with van der Waals surface area (Å²) in [6, 6.07) is 0. The first kappa shape index (κ1) is 34.9. The standard InChI is InChI=1S/2C5H11NO2.2Na.H2O4S/c2*1-2-3-6-4-5(7)8;;;1-5(2,3)4/h2*6H,2-4H2,1H3,(H,7,8);;;(H2,1,2,3,4)/q;;2*+1;/p-2. The van der Waals surface area contributed by atoms with Crippen LogP contribution in [0.15, 0.2) is 0 Å². The predicted octanol–water partition coefficient (Wildman–Crippen LogP) is -7.19. The molecule has 0 spiro atoms. The fourth-order valence-corrected chi connectivity index (χ4v) is 0.744. The first-order valence-corrected chi connectivity index (χ1v) is 7.39. The number of nitrogens with one attached hydrogen (secondary N) is 2. The van der Waals surface area contributed by atoms with Crippen molar-refractivity contribution in [3.05, 3.63) is 0 Å². The maximum Gasteiger partial charge on any atom is 1.00 e. The van der Waals surface area contributed by atoms with Crippen LogP contribution in [-0.4, -0.2) is 65.9 Å². The van der Waals surface area contributed by atoms with Gasteiger partial charge in [0.1, 0.15) is 0 Å². The average Bonchev–Trinajstić information content (AvgIpc) is 2.27. The summed E-state index contributed by atoms with van der Waals surface area (Å²) < 4.78 is 34.1. The Kier molecular flexibility index (Phi) is 38.0. The molecule has 4 N–H and O–H groups in total. The largest absolute Gasteiger partial charge is 1.00 e. The summed E-state index contributed by atoms with van der Waals surface area (Å²) in [4.78, 5) is 19.6. The first-order chi connectivity index (χ1) is 9.54. The van der Waals surface area contributed by atoms with Crippen LogP contribution in [0.5, 0.6) is 0 Å². The molecule has 13 heteroatoms. The number of hydrogen-bond donors (Lipinski definition) is 4. The molecule has 0 amide bonds. The second-order valence-corrected chi connectivity index (χ2v) is 4.37. The predicted molar refractivity (Wildman–Crippen MR) is 72.1 cm³/mol. The van der Waals surface area contributed by atoms with Crippen molar-refractivity contribution in [1.29, 1.82) is 0 Å². The van der Waals surface area contributed by atoms with E-state index in [9.17, 15) is 9.59 Å². The fourth-order valence-electron chi connectivity index (χ4n) is 0.744. The molecule has 0 radical (unpaired) electrons. The smallest absolute Gasteiger partial charge is 0.759 e. The van der Waals surface area contributed by atoms with Crippen LogP contribution in [0, 0.1) is 0 Å². The minimum Gasteiger partial charge on any atom is -0.759 e. The molecule has 0 aromatic rings. The SMILES string of the molecule is CCCNCC(=O)O.CCCNCC(=O)O.O=S(=O)([O-])[O-].[Na+].[Na+]. The summed E-state index contributed by atoms with van der Waals surface area (Å²) in [5.74, 6) is -1.59. The number of carboxylic acids is 2. The molecule has 0 rings (SSSR count). The number of aliphatic carboxylic acids is 2. The topological polar surface area (TPSA) is 179 Å². The molecule has 0 heterocycles. The molecule has 0 aliphatic rings. The molecule has 0 aromatic heterocycles. The summed E-state index contributed by atoms with van der Waals surface area (Å²) in [7, 11) is -5.17. The van der Waals surface area contributed by atoms with Crippen molar-refractivity contribution in [2.24, 2.45) is 0 Å². The van der Waals surface area contributed by atoms with E-state index >= 15 is 0 Å². The minimum absolute atomic E-state index is 0. The van der Waals surface area contributed by atoms with Gasteiger partial charge in [-0.15, -0.1) is 0 Å². The van der Waals surface area contributed by atoms with E-state index in [-0.39, 0.29) is 72.2 Å². The summed E-state index contributed by atoms with van der Waals surface area (Å²) in [6.45, 7) is 5.71. The van der Waals surface area contributed by atoms with Gasteiger partial charge in [-0.2, -0.15) is 0 Å². The minimum atomic E-state index is -5.17. The molecular weight excluding hydrogens is 354 g/mol. The second kappa shape index (κ2) is 25.0. The molecule has 23 heavy (non-hydrogen) atoms. The van der Waals surface area contributed by atoms with Crippen LogP contribution in [0.4, 0.5) is 0 Å². The Morgan fingerprint density at radius 2 is 1.09 bits per heavy atom. The molecule has 0 saturated carbocycles. The summed E-state index contributed by atoms with van der Waals surface area (Å²) in [5, 5.41) is 21.6. The van der Waals surface area contributed by atoms with E-state index in [1.807, 2.05) is 13.8 Å². The quantitative estimate of drug-likeness (QED) is 0.138. The van der Waals surface area contributed by atoms with Crippen LogP contribution in [-0.2, 0) is 20.0 Å². The molecular formula is C10H22N2Na2O8S. The summed E-state index contributed by atoms with van der Waals surface area (Å²) in [6.07, 6.45) is 1.96. The van der Waals surface area contributed by atoms with Gasteiger partial charge in [-0.3, -0.25) is 18.0 Å². The summed E-state index contributed by atoms with van der Waals surface area (Å²) in [5.41, 5.74) is 0. The van der Waals surface area contributed by atoms with Gasteiger partial charge in [0.15, 0.2) is 0 Å². The Morgan fingerprint density at radius 3 is 1.22 bits per heavy atom. The molecule has 0 atom stereocenters. The molecule has 0 fully saturated rings. The average molecular weight is 376 g/mol. The third-order valence-corrected chi connectivity index (χ3v) is 1.41. The van der Waals surface area contributed by atoms with E-state index in [4.69, 9.17) is 27.7 Å². The maximum absolute atomic E-state index is 9.81. The van der Waals surface area contributed by atoms with Gasteiger partial charge in [-0.1, -0.05) is 13.8 Å². The van der Waals surface area contributed by atoms with Crippen molar-refractivity contribution in [3.8, 4) is 0 Å². The Morgan fingerprint density at radius 1 is 0.870 bits per heavy atom. The zero-order valence-electron chi connectivity index (χ0n) is 14.0. The van der Waals surface area contributed by atoms with E-state index in [0.29, 0.717) is 0 Å². The van der Waals surface area contributed by atoms with Gasteiger partial charge in [-0.05, 0) is 25.9 Å². The molecule has 128 valence electrons. The van der Waals surface area contributed by atoms with E-state index in [1.165, 1.54) is 0 Å². The molecule has 0 bridgehead atoms. The fraction of sp³-hybridized carbons (Fsp3) is 0.800. The zero-order valence-corrected chi connectivity index (χ0v) is 18.8. The van der Waals surface area contributed by atoms with Gasteiger partial charge in [-0.25, -0.2) is 0 Å². The Bertz CT molecular complexity index is 340. The molecule has 0 unspecified atom stereocenters. The van der Waals surface area contributed by atoms with Crippen LogP contribution in [0.3, 0.4) is 0 Å². The van der Waals surface area contributed by atoms with Gasteiger partial charge in [0.2, 0.25) is 0 Å². The van der Waals surface area contributed by atoms with Crippen LogP contribution in [0.1, 0.15) is 26.7 Å². The van der Waals surface area contributed by atoms with Crippen LogP contribution in [0.2, 0.25) is 0 Å². The van der Waals surface area contributed by atoms with E-state index in [2.05, 4.69) is 10.6 Å². The number of carboxylic acid groups (broad SMARTS) is 2. The number of carbonyl (C=O) groups is 2.